The Labute approximate surface area is 161 Å². The largest absolute Gasteiger partial charge is 0.444 e. The quantitative estimate of drug-likeness (QED) is 0.631. The summed E-state index contributed by atoms with van der Waals surface area (Å²) in [4.78, 5) is 13.8. The lowest BCUT2D eigenvalue weighted by molar-refractivity contribution is 0.0000358. The van der Waals surface area contributed by atoms with E-state index in [1.165, 1.54) is 0 Å². The number of nitrogens with zero attached hydrogens (tertiary/aromatic N) is 1. The highest BCUT2D eigenvalue weighted by molar-refractivity contribution is 5.68. The highest BCUT2D eigenvalue weighted by Crippen LogP contribution is 2.37. The summed E-state index contributed by atoms with van der Waals surface area (Å²) < 4.78 is 5.40. The zero-order valence-corrected chi connectivity index (χ0v) is 18.1. The first-order valence-electron chi connectivity index (χ1n) is 9.77. The number of aliphatic hydroxyl groups excluding tert-OH is 1. The molecule has 1 rings (SSSR count). The van der Waals surface area contributed by atoms with Gasteiger partial charge in [-0.15, -0.1) is 0 Å². The molecule has 1 heterocycles. The summed E-state index contributed by atoms with van der Waals surface area (Å²) >= 11 is 0. The van der Waals surface area contributed by atoms with Crippen molar-refractivity contribution >= 4 is 6.09 Å². The van der Waals surface area contributed by atoms with E-state index in [4.69, 9.17) is 4.74 Å². The van der Waals surface area contributed by atoms with E-state index in [-0.39, 0.29) is 18.1 Å². The van der Waals surface area contributed by atoms with Crippen molar-refractivity contribution in [2.45, 2.75) is 73.3 Å². The van der Waals surface area contributed by atoms with Gasteiger partial charge in [-0.2, -0.15) is 0 Å². The summed E-state index contributed by atoms with van der Waals surface area (Å²) in [5.74, 6) is 0. The Morgan fingerprint density at radius 1 is 1.19 bits per heavy atom. The van der Waals surface area contributed by atoms with Gasteiger partial charge in [0.05, 0.1) is 0 Å². The third-order valence-electron chi connectivity index (χ3n) is 3.88. The predicted octanol–water partition coefficient (Wildman–Crippen LogP) is 5.74. The molecule has 1 amide bonds. The first kappa shape index (κ1) is 26.7. The number of hydrogen-bond donors (Lipinski definition) is 1. The molecule has 0 radical (unpaired) electrons. The smallest absolute Gasteiger partial charge is 0.410 e. The Balaban J connectivity index is 0. The van der Waals surface area contributed by atoms with Crippen molar-refractivity contribution in [1.82, 2.24) is 4.90 Å². The van der Waals surface area contributed by atoms with Gasteiger partial charge in [0, 0.05) is 25.1 Å². The van der Waals surface area contributed by atoms with Gasteiger partial charge in [-0.1, -0.05) is 64.7 Å². The molecule has 1 saturated heterocycles. The predicted molar refractivity (Wildman–Crippen MR) is 112 cm³/mol. The minimum absolute atomic E-state index is 0.107. The summed E-state index contributed by atoms with van der Waals surface area (Å²) in [5.41, 5.74) is 0.299. The van der Waals surface area contributed by atoms with Crippen molar-refractivity contribution in [3.05, 3.63) is 37.0 Å². The number of rotatable bonds is 5. The third-order valence-corrected chi connectivity index (χ3v) is 3.88. The lowest BCUT2D eigenvalue weighted by Gasteiger charge is -2.41. The third kappa shape index (κ3) is 10.4. The monoisotopic (exact) mass is 367 g/mol. The van der Waals surface area contributed by atoms with Gasteiger partial charge in [0.1, 0.15) is 5.60 Å². The number of piperidine rings is 1. The van der Waals surface area contributed by atoms with Crippen LogP contribution in [0.5, 0.6) is 0 Å². The van der Waals surface area contributed by atoms with Crippen LogP contribution in [0.4, 0.5) is 4.79 Å². The molecule has 0 atom stereocenters. The van der Waals surface area contributed by atoms with Crippen molar-refractivity contribution in [2.75, 3.05) is 19.7 Å². The van der Waals surface area contributed by atoms with Crippen LogP contribution in [-0.2, 0) is 4.74 Å². The molecular weight excluding hydrogens is 326 g/mol. The van der Waals surface area contributed by atoms with Gasteiger partial charge in [0.15, 0.2) is 0 Å². The second kappa shape index (κ2) is 13.6. The Hall–Kier alpha value is -1.55. The summed E-state index contributed by atoms with van der Waals surface area (Å²) in [7, 11) is 0. The van der Waals surface area contributed by atoms with Crippen LogP contribution in [0.2, 0.25) is 0 Å². The van der Waals surface area contributed by atoms with E-state index in [9.17, 15) is 9.90 Å². The van der Waals surface area contributed by atoms with E-state index in [0.717, 1.165) is 24.8 Å². The van der Waals surface area contributed by atoms with Gasteiger partial charge >= 0.3 is 6.09 Å². The highest BCUT2D eigenvalue weighted by Gasteiger charge is 2.36. The molecule has 0 spiro atoms. The van der Waals surface area contributed by atoms with Crippen LogP contribution < -0.4 is 0 Å². The molecule has 0 aromatic rings. The fourth-order valence-electron chi connectivity index (χ4n) is 2.63. The maximum atomic E-state index is 12.1. The number of carbonyl (C=O) groups excluding carboxylic acids is 1. The lowest BCUT2D eigenvalue weighted by atomic mass is 9.74. The van der Waals surface area contributed by atoms with Crippen LogP contribution >= 0.6 is 0 Å². The Kier molecular flexibility index (Phi) is 14.0. The molecule has 0 aromatic heterocycles. The van der Waals surface area contributed by atoms with Gasteiger partial charge in [-0.05, 0) is 40.0 Å². The molecule has 0 bridgehead atoms. The van der Waals surface area contributed by atoms with E-state index in [2.05, 4.69) is 13.2 Å². The minimum atomic E-state index is -0.480. The maximum absolute atomic E-state index is 12.1. The van der Waals surface area contributed by atoms with E-state index in [0.29, 0.717) is 13.1 Å². The van der Waals surface area contributed by atoms with Crippen LogP contribution in [0, 0.1) is 5.41 Å². The SMILES string of the molecule is C=C/C=C\C(=C)CC1(CO)CCN(C(=O)OC(C)(C)C)CC1.CC.CC. The van der Waals surface area contributed by atoms with Gasteiger partial charge in [0.25, 0.3) is 0 Å². The van der Waals surface area contributed by atoms with Crippen LogP contribution in [0.3, 0.4) is 0 Å². The second-order valence-electron chi connectivity index (χ2n) is 7.06. The highest BCUT2D eigenvalue weighted by atomic mass is 16.6. The molecule has 1 aliphatic heterocycles. The van der Waals surface area contributed by atoms with Crippen molar-refractivity contribution in [1.29, 1.82) is 0 Å². The van der Waals surface area contributed by atoms with Crippen molar-refractivity contribution in [3.63, 3.8) is 0 Å². The summed E-state index contributed by atoms with van der Waals surface area (Å²) in [6.45, 7) is 22.6. The van der Waals surface area contributed by atoms with Crippen molar-refractivity contribution in [3.8, 4) is 0 Å². The average Bonchev–Trinajstić information content (AvgIpc) is 2.62. The summed E-state index contributed by atoms with van der Waals surface area (Å²) in [6, 6.07) is 0. The molecular formula is C22H41NO3. The lowest BCUT2D eigenvalue weighted by Crippen LogP contribution is -2.46. The topological polar surface area (TPSA) is 49.8 Å². The number of ether oxygens (including phenoxy) is 1. The molecule has 26 heavy (non-hydrogen) atoms. The molecule has 0 saturated carbocycles. The van der Waals surface area contributed by atoms with Crippen LogP contribution in [-0.4, -0.2) is 41.4 Å². The zero-order chi connectivity index (χ0) is 20.8. The molecule has 4 heteroatoms. The molecule has 0 unspecified atom stereocenters. The van der Waals surface area contributed by atoms with Crippen LogP contribution in [0.15, 0.2) is 37.0 Å². The zero-order valence-electron chi connectivity index (χ0n) is 18.1. The van der Waals surface area contributed by atoms with Gasteiger partial charge < -0.3 is 14.7 Å². The molecule has 0 aliphatic carbocycles. The molecule has 0 aromatic carbocycles. The molecule has 4 nitrogen and oxygen atoms in total. The Bertz CT molecular complexity index is 439. The molecule has 1 aliphatic rings. The Morgan fingerprint density at radius 2 is 1.69 bits per heavy atom. The number of carbonyl (C=O) groups is 1. The standard InChI is InChI=1S/C18H29NO3.2C2H6/c1-6-7-8-15(2)13-18(14-20)9-11-19(12-10-18)16(21)22-17(3,4)5;2*1-2/h6-8,20H,1-2,9-14H2,3-5H3;2*1-2H3/b8-7-;;. The summed E-state index contributed by atoms with van der Waals surface area (Å²) in [6.07, 6.45) is 7.45. The Morgan fingerprint density at radius 3 is 2.08 bits per heavy atom. The minimum Gasteiger partial charge on any atom is -0.444 e. The first-order chi connectivity index (χ1) is 12.2. The number of hydrogen-bond acceptors (Lipinski definition) is 3. The van der Waals surface area contributed by atoms with E-state index >= 15 is 0 Å². The molecule has 1 N–H and O–H groups in total. The number of amides is 1. The fraction of sp³-hybridized carbons (Fsp3) is 0.682. The number of aliphatic hydroxyl groups is 1. The van der Waals surface area contributed by atoms with Crippen molar-refractivity contribution in [2.24, 2.45) is 5.41 Å². The van der Waals surface area contributed by atoms with Crippen molar-refractivity contribution < 1.29 is 14.6 Å². The average molecular weight is 368 g/mol. The second-order valence-corrected chi connectivity index (χ2v) is 7.06. The molecule has 1 fully saturated rings. The van der Waals surface area contributed by atoms with Gasteiger partial charge in [-0.3, -0.25) is 0 Å². The van der Waals surface area contributed by atoms with E-state index < -0.39 is 5.60 Å². The molecule has 152 valence electrons. The van der Waals surface area contributed by atoms with Crippen LogP contribution in [0.25, 0.3) is 0 Å². The number of likely N-dealkylation sites (tertiary alicyclic amines) is 1. The van der Waals surface area contributed by atoms with Gasteiger partial charge in [-0.25, -0.2) is 4.79 Å². The van der Waals surface area contributed by atoms with E-state index in [1.54, 1.807) is 11.0 Å². The number of allylic oxidation sites excluding steroid dienone is 4. The normalized spacial score (nSPS) is 15.9. The first-order valence-corrected chi connectivity index (χ1v) is 9.77. The van der Waals surface area contributed by atoms with E-state index in [1.807, 2.05) is 60.6 Å². The van der Waals surface area contributed by atoms with Gasteiger partial charge in [0.2, 0.25) is 0 Å². The maximum Gasteiger partial charge on any atom is 0.410 e. The van der Waals surface area contributed by atoms with Crippen LogP contribution in [0.1, 0.15) is 67.7 Å². The summed E-state index contributed by atoms with van der Waals surface area (Å²) in [5, 5.41) is 9.81. The fourth-order valence-corrected chi connectivity index (χ4v) is 2.63.